The number of carbonyl (C=O) groups is 2. The number of rotatable bonds is 13. The van der Waals surface area contributed by atoms with Crippen LogP contribution < -0.4 is 10.6 Å². The highest BCUT2D eigenvalue weighted by Gasteiger charge is 2.38. The predicted octanol–water partition coefficient (Wildman–Crippen LogP) is 5.77. The van der Waals surface area contributed by atoms with Crippen molar-refractivity contribution in [3.63, 3.8) is 0 Å². The van der Waals surface area contributed by atoms with Gasteiger partial charge in [-0.25, -0.2) is 4.79 Å². The molecule has 13 heteroatoms. The number of hydrogen-bond acceptors (Lipinski definition) is 10. The van der Waals surface area contributed by atoms with Crippen LogP contribution in [0.15, 0.2) is 108 Å². The minimum atomic E-state index is -0.645. The van der Waals surface area contributed by atoms with E-state index in [0.717, 1.165) is 39.1 Å². The molecule has 1 aliphatic rings. The molecule has 4 aromatic carbocycles. The van der Waals surface area contributed by atoms with Crippen LogP contribution in [0.5, 0.6) is 0 Å². The Labute approximate surface area is 300 Å². The molecule has 264 valence electrons. The first kappa shape index (κ1) is 35.7. The number of para-hydroxylation sites is 1. The lowest BCUT2D eigenvalue weighted by Crippen LogP contribution is -2.38. The number of urea groups is 1. The lowest BCUT2D eigenvalue weighted by molar-refractivity contribution is -0.268. The maximum atomic E-state index is 12.3. The van der Waals surface area contributed by atoms with E-state index in [1.165, 1.54) is 11.8 Å². The second-order valence-corrected chi connectivity index (χ2v) is 12.9. The predicted molar refractivity (Wildman–Crippen MR) is 192 cm³/mol. The van der Waals surface area contributed by atoms with Gasteiger partial charge in [-0.05, 0) is 57.3 Å². The average molecular weight is 709 g/mol. The SMILES string of the molecule is CCOC(=O)CNC(=O)NCc1ccccc1-c1ccc([C@H]2O[C@@H](CSc3nnnn3-c3ccccc3)[C@@H](C)[C@@H](c3ccc(CO)cc3)O2)cc1. The molecule has 0 spiro atoms. The van der Waals surface area contributed by atoms with Crippen LogP contribution in [0.4, 0.5) is 4.79 Å². The highest BCUT2D eigenvalue weighted by atomic mass is 32.2. The normalized spacial score (nSPS) is 18.6. The van der Waals surface area contributed by atoms with Crippen molar-refractivity contribution in [1.82, 2.24) is 30.8 Å². The van der Waals surface area contributed by atoms with E-state index in [1.54, 1.807) is 11.6 Å². The van der Waals surface area contributed by atoms with Crippen molar-refractivity contribution < 1.29 is 28.9 Å². The largest absolute Gasteiger partial charge is 0.465 e. The molecule has 4 atom stereocenters. The number of esters is 1. The van der Waals surface area contributed by atoms with Crippen molar-refractivity contribution in [2.75, 3.05) is 18.9 Å². The Balaban J connectivity index is 1.18. The number of aliphatic hydroxyl groups excluding tert-OH is 1. The molecule has 2 heterocycles. The van der Waals surface area contributed by atoms with Crippen LogP contribution in [0.25, 0.3) is 16.8 Å². The van der Waals surface area contributed by atoms with Gasteiger partial charge in [0.1, 0.15) is 6.54 Å². The van der Waals surface area contributed by atoms with Gasteiger partial charge in [0, 0.05) is 23.8 Å². The van der Waals surface area contributed by atoms with Crippen molar-refractivity contribution in [3.05, 3.63) is 125 Å². The highest BCUT2D eigenvalue weighted by Crippen LogP contribution is 2.43. The summed E-state index contributed by atoms with van der Waals surface area (Å²) < 4.78 is 19.9. The third-order valence-corrected chi connectivity index (χ3v) is 9.60. The van der Waals surface area contributed by atoms with Gasteiger partial charge < -0.3 is 30.0 Å². The van der Waals surface area contributed by atoms with E-state index in [-0.39, 0.29) is 44.4 Å². The van der Waals surface area contributed by atoms with E-state index in [1.807, 2.05) is 103 Å². The molecule has 0 radical (unpaired) electrons. The molecular weight excluding hydrogens is 669 g/mol. The standard InChI is InChI=1S/C38H40N6O6S/c1-3-48-34(46)22-40-37(47)39-21-30-9-7-8-12-32(30)27-17-19-29(20-18-27)36-49-33(25(2)35(50-36)28-15-13-26(23-45)14-16-28)24-51-38-41-42-43-44(38)31-10-5-4-6-11-31/h4-20,25,33,35-36,45H,3,21-24H2,1-2H3,(H2,39,40,47)/t25-,33+,35+,36+/m1/s1. The second kappa shape index (κ2) is 17.2. The molecule has 3 N–H and O–H groups in total. The molecule has 1 aromatic heterocycles. The summed E-state index contributed by atoms with van der Waals surface area (Å²) in [6.07, 6.45) is -1.12. The zero-order valence-corrected chi connectivity index (χ0v) is 29.2. The van der Waals surface area contributed by atoms with Crippen molar-refractivity contribution >= 4 is 23.8 Å². The second-order valence-electron chi connectivity index (χ2n) is 12.0. The summed E-state index contributed by atoms with van der Waals surface area (Å²) in [5, 5.41) is 28.0. The van der Waals surface area contributed by atoms with Gasteiger partial charge in [-0.15, -0.1) is 5.10 Å². The quantitative estimate of drug-likeness (QED) is 0.102. The third kappa shape index (κ3) is 8.99. The molecule has 51 heavy (non-hydrogen) atoms. The topological polar surface area (TPSA) is 150 Å². The Morgan fingerprint density at radius 3 is 2.37 bits per heavy atom. The fraction of sp³-hybridized carbons (Fsp3) is 0.289. The molecule has 0 saturated carbocycles. The number of nitrogens with zero attached hydrogens (tertiary/aromatic N) is 4. The maximum Gasteiger partial charge on any atom is 0.325 e. The summed E-state index contributed by atoms with van der Waals surface area (Å²) in [6.45, 7) is 4.12. The highest BCUT2D eigenvalue weighted by molar-refractivity contribution is 7.99. The van der Waals surface area contributed by atoms with Crippen LogP contribution in [0, 0.1) is 5.92 Å². The number of benzene rings is 4. The van der Waals surface area contributed by atoms with Gasteiger partial charge in [-0.1, -0.05) is 110 Å². The molecular formula is C38H40N6O6S. The fourth-order valence-corrected chi connectivity index (χ4v) is 6.90. The number of amides is 2. The van der Waals surface area contributed by atoms with E-state index in [9.17, 15) is 14.7 Å². The average Bonchev–Trinajstić information content (AvgIpc) is 3.65. The molecule has 0 unspecified atom stereocenters. The van der Waals surface area contributed by atoms with E-state index in [0.29, 0.717) is 10.9 Å². The Morgan fingerprint density at radius 2 is 1.63 bits per heavy atom. The van der Waals surface area contributed by atoms with Crippen molar-refractivity contribution in [2.24, 2.45) is 5.92 Å². The van der Waals surface area contributed by atoms with Crippen LogP contribution in [0.1, 0.15) is 48.5 Å². The zero-order chi connectivity index (χ0) is 35.6. The Hall–Kier alpha value is -5.08. The van der Waals surface area contributed by atoms with Gasteiger partial charge >= 0.3 is 12.0 Å². The number of hydrogen-bond donors (Lipinski definition) is 3. The van der Waals surface area contributed by atoms with E-state index >= 15 is 0 Å². The minimum Gasteiger partial charge on any atom is -0.465 e. The Morgan fingerprint density at radius 1 is 0.902 bits per heavy atom. The molecule has 0 bridgehead atoms. The summed E-state index contributed by atoms with van der Waals surface area (Å²) in [6, 6.07) is 33.0. The summed E-state index contributed by atoms with van der Waals surface area (Å²) in [7, 11) is 0. The first-order valence-corrected chi connectivity index (χ1v) is 17.7. The monoisotopic (exact) mass is 708 g/mol. The van der Waals surface area contributed by atoms with Crippen LogP contribution in [0.3, 0.4) is 0 Å². The number of ether oxygens (including phenoxy) is 3. The smallest absolute Gasteiger partial charge is 0.325 e. The number of aliphatic hydroxyl groups is 1. The Kier molecular flexibility index (Phi) is 12.1. The minimum absolute atomic E-state index is 0.0112. The summed E-state index contributed by atoms with van der Waals surface area (Å²) in [4.78, 5) is 23.9. The lowest BCUT2D eigenvalue weighted by Gasteiger charge is -2.41. The van der Waals surface area contributed by atoms with Crippen molar-refractivity contribution in [3.8, 4) is 16.8 Å². The van der Waals surface area contributed by atoms with Crippen LogP contribution in [-0.2, 0) is 32.2 Å². The number of tetrazole rings is 1. The first-order chi connectivity index (χ1) is 24.9. The van der Waals surface area contributed by atoms with Crippen LogP contribution in [-0.4, -0.2) is 62.3 Å². The molecule has 6 rings (SSSR count). The van der Waals surface area contributed by atoms with Gasteiger partial charge in [0.05, 0.1) is 31.1 Å². The van der Waals surface area contributed by atoms with Crippen molar-refractivity contribution in [2.45, 2.75) is 50.7 Å². The lowest BCUT2D eigenvalue weighted by atomic mass is 9.91. The molecule has 5 aromatic rings. The van der Waals surface area contributed by atoms with E-state index in [4.69, 9.17) is 14.2 Å². The number of nitrogens with one attached hydrogen (secondary N) is 2. The van der Waals surface area contributed by atoms with Gasteiger partial charge in [-0.3, -0.25) is 4.79 Å². The molecule has 1 fully saturated rings. The molecule has 1 saturated heterocycles. The number of carbonyl (C=O) groups excluding carboxylic acids is 2. The van der Waals surface area contributed by atoms with E-state index < -0.39 is 18.3 Å². The van der Waals surface area contributed by atoms with E-state index in [2.05, 4.69) is 33.1 Å². The summed E-state index contributed by atoms with van der Waals surface area (Å²) in [5.41, 5.74) is 6.40. The fourth-order valence-electron chi connectivity index (χ4n) is 5.85. The third-order valence-electron chi connectivity index (χ3n) is 8.59. The molecule has 1 aliphatic heterocycles. The number of aromatic nitrogens is 4. The molecule has 0 aliphatic carbocycles. The summed E-state index contributed by atoms with van der Waals surface area (Å²) in [5.74, 6) is 0.0860. The maximum absolute atomic E-state index is 12.3. The van der Waals surface area contributed by atoms with Gasteiger partial charge in [0.15, 0.2) is 6.29 Å². The molecule has 2 amide bonds. The van der Waals surface area contributed by atoms with Gasteiger partial charge in [0.25, 0.3) is 0 Å². The van der Waals surface area contributed by atoms with Crippen LogP contribution in [0.2, 0.25) is 0 Å². The Bertz CT molecular complexity index is 1890. The zero-order valence-electron chi connectivity index (χ0n) is 28.3. The first-order valence-electron chi connectivity index (χ1n) is 16.8. The van der Waals surface area contributed by atoms with Gasteiger partial charge in [-0.2, -0.15) is 4.68 Å². The van der Waals surface area contributed by atoms with Crippen LogP contribution >= 0.6 is 11.8 Å². The number of thioether (sulfide) groups is 1. The summed E-state index contributed by atoms with van der Waals surface area (Å²) >= 11 is 1.53. The van der Waals surface area contributed by atoms with Gasteiger partial charge in [0.2, 0.25) is 5.16 Å². The van der Waals surface area contributed by atoms with Crippen molar-refractivity contribution in [1.29, 1.82) is 0 Å². The molecule has 12 nitrogen and oxygen atoms in total.